The number of methoxy groups -OCH3 is 2. The molecule has 3 aliphatic heterocycles. The van der Waals surface area contributed by atoms with E-state index >= 15 is 0 Å². The minimum Gasteiger partial charge on any atom is -0.458 e. The number of hydrogen-bond acceptors (Lipinski definition) is 11. The van der Waals surface area contributed by atoms with Crippen molar-refractivity contribution in [2.75, 3.05) is 20.8 Å². The van der Waals surface area contributed by atoms with Crippen LogP contribution in [0.3, 0.4) is 0 Å². The van der Waals surface area contributed by atoms with Crippen LogP contribution in [0, 0.1) is 29.6 Å². The highest BCUT2D eigenvalue weighted by Crippen LogP contribution is 2.44. The maximum Gasteiger partial charge on any atom is 0.410 e. The Morgan fingerprint density at radius 2 is 1.60 bits per heavy atom. The molecule has 0 spiro atoms. The molecule has 3 fully saturated rings. The summed E-state index contributed by atoms with van der Waals surface area (Å²) in [6.07, 6.45) is 5.82. The number of amides is 1. The van der Waals surface area contributed by atoms with E-state index < -0.39 is 83.4 Å². The number of nitrogens with zero attached hydrogens (tertiary/aromatic N) is 3. The number of carbonyl (C=O) groups excluding carboxylic acids is 3. The van der Waals surface area contributed by atoms with Gasteiger partial charge in [0.05, 0.1) is 35.4 Å². The van der Waals surface area contributed by atoms with E-state index in [1.165, 1.54) is 0 Å². The Morgan fingerprint density at radius 3 is 2.24 bits per heavy atom. The number of unbranched alkanes of at least 4 members (excludes halogenated alkanes) is 1. The summed E-state index contributed by atoms with van der Waals surface area (Å²) in [6.45, 7) is 20.1. The third-order valence-corrected chi connectivity index (χ3v) is 14.0. The molecule has 14 atom stereocenters. The number of fused-ring (bicyclic) bond motifs is 1. The molecule has 2 aromatic heterocycles. The monoisotopic (exact) mass is 811 g/mol. The molecule has 324 valence electrons. The van der Waals surface area contributed by atoms with Crippen LogP contribution < -0.4 is 0 Å². The number of aromatic nitrogens is 2. The van der Waals surface area contributed by atoms with Gasteiger partial charge in [-0.05, 0) is 84.3 Å². The molecule has 0 unspecified atom stereocenters. The Morgan fingerprint density at radius 1 is 0.914 bits per heavy atom. The van der Waals surface area contributed by atoms with Gasteiger partial charge in [0.15, 0.2) is 11.9 Å². The quantitative estimate of drug-likeness (QED) is 0.184. The van der Waals surface area contributed by atoms with Gasteiger partial charge in [-0.1, -0.05) is 40.7 Å². The minimum absolute atomic E-state index is 0.0145. The van der Waals surface area contributed by atoms with E-state index in [2.05, 4.69) is 28.7 Å². The van der Waals surface area contributed by atoms with Gasteiger partial charge in [-0.25, -0.2) is 4.79 Å². The van der Waals surface area contributed by atoms with Crippen LogP contribution in [-0.2, 0) is 44.6 Å². The molecule has 3 saturated heterocycles. The number of pyridine rings is 1. The predicted octanol–water partition coefficient (Wildman–Crippen LogP) is 7.08. The molecule has 0 aromatic carbocycles. The van der Waals surface area contributed by atoms with E-state index in [0.29, 0.717) is 25.8 Å². The first-order chi connectivity index (χ1) is 27.3. The summed E-state index contributed by atoms with van der Waals surface area (Å²) in [5.74, 6) is -2.86. The maximum absolute atomic E-state index is 14.6. The van der Waals surface area contributed by atoms with E-state index in [9.17, 15) is 19.5 Å². The summed E-state index contributed by atoms with van der Waals surface area (Å²) < 4.78 is 39.8. The lowest BCUT2D eigenvalue weighted by Crippen LogP contribution is -2.59. The molecule has 1 amide bonds. The van der Waals surface area contributed by atoms with E-state index in [4.69, 9.17) is 28.4 Å². The molecule has 13 nitrogen and oxygen atoms in total. The number of cyclic esters (lactones) is 1. The van der Waals surface area contributed by atoms with Crippen molar-refractivity contribution < 1.29 is 47.9 Å². The van der Waals surface area contributed by atoms with Gasteiger partial charge < -0.3 is 43.0 Å². The third kappa shape index (κ3) is 9.18. The molecule has 0 radical (unpaired) electrons. The first-order valence-electron chi connectivity index (χ1n) is 21.2. The number of carbonyl (C=O) groups is 3. The molecule has 3 aliphatic rings. The summed E-state index contributed by atoms with van der Waals surface area (Å²) in [6, 6.07) is 5.31. The van der Waals surface area contributed by atoms with Crippen molar-refractivity contribution in [2.24, 2.45) is 29.6 Å². The highest BCUT2D eigenvalue weighted by atomic mass is 16.7. The zero-order chi connectivity index (χ0) is 42.7. The van der Waals surface area contributed by atoms with Crippen LogP contribution in [0.25, 0.3) is 11.1 Å². The summed E-state index contributed by atoms with van der Waals surface area (Å²) in [5, 5.41) is 10.9. The van der Waals surface area contributed by atoms with Crippen LogP contribution in [0.5, 0.6) is 0 Å². The second-order valence-electron chi connectivity index (χ2n) is 17.9. The van der Waals surface area contributed by atoms with Gasteiger partial charge in [-0.3, -0.25) is 14.6 Å². The largest absolute Gasteiger partial charge is 0.458 e. The lowest BCUT2D eigenvalue weighted by Gasteiger charge is -2.48. The second-order valence-corrected chi connectivity index (χ2v) is 17.9. The molecule has 58 heavy (non-hydrogen) atoms. The van der Waals surface area contributed by atoms with E-state index in [1.807, 2.05) is 66.1 Å². The molecule has 5 rings (SSSR count). The zero-order valence-electron chi connectivity index (χ0n) is 36.8. The normalized spacial score (nSPS) is 39.2. The number of rotatable bonds is 11. The van der Waals surface area contributed by atoms with Crippen LogP contribution in [0.1, 0.15) is 101 Å². The standard InChI is InChI=1S/C45H69N3O10/c1-13-35-45(10)39(48(42(52)58-45)21-15-14-20-47-22-18-34(26-47)33-17-16-19-46-25-33)29(4)37(49)27(2)23-43(8,53-11)31(6)28(3)38(30(5)41(51)56-35)57-36-24-44(9,54-12)40(50)32(7)55-36/h16-19,22,25-32,35-36,38-40,50H,13-15,20-21,23-24H2,1-12H3/t27-,28-,29+,30-,31-,32+,35-,36+,38+,39-,40+,43-,44-,45-/m1/s1. The first kappa shape index (κ1) is 45.7. The average molecular weight is 812 g/mol. The Labute approximate surface area is 345 Å². The predicted molar refractivity (Wildman–Crippen MR) is 219 cm³/mol. The lowest BCUT2D eigenvalue weighted by molar-refractivity contribution is -0.298. The molecule has 2 aromatic rings. The zero-order valence-corrected chi connectivity index (χ0v) is 36.8. The van der Waals surface area contributed by atoms with Gasteiger partial charge in [0.2, 0.25) is 0 Å². The summed E-state index contributed by atoms with van der Waals surface area (Å²) in [5.41, 5.74) is -0.925. The number of Topliss-reactive ketones (excluding diaryl/α,β-unsaturated/α-hetero) is 1. The smallest absolute Gasteiger partial charge is 0.410 e. The SMILES string of the molecule is CC[C@H]1OC(=O)[C@H](C)[C@@H](O[C@H]2C[C@@](C)(OC)[C@@H](O)[C@H](C)O2)[C@H](C)[C@@H](C)[C@](C)(OC)C[C@@H](C)C(=O)[C@H](C)[C@H]2N(CCCCn3ccc(-c4cccnc4)c3)C(=O)O[C@]12C. The van der Waals surface area contributed by atoms with E-state index in [1.54, 1.807) is 46.1 Å². The highest BCUT2D eigenvalue weighted by Gasteiger charge is 2.60. The number of esters is 1. The van der Waals surface area contributed by atoms with Crippen molar-refractivity contribution in [3.8, 4) is 11.1 Å². The number of aliphatic hydroxyl groups is 1. The molecule has 13 heteroatoms. The van der Waals surface area contributed by atoms with Crippen LogP contribution >= 0.6 is 0 Å². The fourth-order valence-electron chi connectivity index (χ4n) is 9.91. The van der Waals surface area contributed by atoms with E-state index in [-0.39, 0.29) is 24.0 Å². The number of aliphatic hydroxyl groups excluding tert-OH is 1. The highest BCUT2D eigenvalue weighted by molar-refractivity contribution is 5.85. The van der Waals surface area contributed by atoms with Gasteiger partial charge >= 0.3 is 12.1 Å². The summed E-state index contributed by atoms with van der Waals surface area (Å²) >= 11 is 0. The van der Waals surface area contributed by atoms with Crippen LogP contribution in [0.2, 0.25) is 0 Å². The molecular formula is C45H69N3O10. The number of hydrogen-bond donors (Lipinski definition) is 1. The number of aryl methyl sites for hydroxylation is 1. The van der Waals surface area contributed by atoms with Crippen molar-refractivity contribution in [3.63, 3.8) is 0 Å². The first-order valence-corrected chi connectivity index (χ1v) is 21.2. The van der Waals surface area contributed by atoms with Gasteiger partial charge in [-0.2, -0.15) is 0 Å². The second kappa shape index (κ2) is 18.5. The van der Waals surface area contributed by atoms with Crippen LogP contribution in [0.4, 0.5) is 4.79 Å². The topological polar surface area (TPSA) is 148 Å². The minimum atomic E-state index is -1.32. The van der Waals surface area contributed by atoms with Crippen molar-refractivity contribution in [1.29, 1.82) is 0 Å². The van der Waals surface area contributed by atoms with Gasteiger partial charge in [0, 0.05) is 81.5 Å². The lowest BCUT2D eigenvalue weighted by atomic mass is 9.70. The van der Waals surface area contributed by atoms with Gasteiger partial charge in [-0.15, -0.1) is 0 Å². The Balaban J connectivity index is 1.43. The summed E-state index contributed by atoms with van der Waals surface area (Å²) in [4.78, 5) is 48.9. The molecule has 0 aliphatic carbocycles. The van der Waals surface area contributed by atoms with E-state index in [0.717, 1.165) is 24.1 Å². The Kier molecular flexibility index (Phi) is 14.6. The Bertz CT molecular complexity index is 1710. The fourth-order valence-corrected chi connectivity index (χ4v) is 9.91. The van der Waals surface area contributed by atoms with Gasteiger partial charge in [0.1, 0.15) is 18.0 Å². The number of ether oxygens (including phenoxy) is 6. The van der Waals surface area contributed by atoms with Crippen LogP contribution in [-0.4, -0.2) is 112 Å². The molecule has 0 saturated carbocycles. The summed E-state index contributed by atoms with van der Waals surface area (Å²) in [7, 11) is 3.20. The average Bonchev–Trinajstić information content (AvgIpc) is 3.79. The van der Waals surface area contributed by atoms with Crippen molar-refractivity contribution >= 4 is 17.8 Å². The molecular weight excluding hydrogens is 743 g/mol. The van der Waals surface area contributed by atoms with Crippen molar-refractivity contribution in [2.45, 2.75) is 161 Å². The Hall–Kier alpha value is -3.36. The molecule has 0 bridgehead atoms. The fraction of sp³-hybridized carbons (Fsp3) is 0.733. The molecule has 1 N–H and O–H groups in total. The van der Waals surface area contributed by atoms with Crippen molar-refractivity contribution in [1.82, 2.24) is 14.5 Å². The maximum atomic E-state index is 14.6. The van der Waals surface area contributed by atoms with Crippen LogP contribution in [0.15, 0.2) is 43.0 Å². The third-order valence-electron chi connectivity index (χ3n) is 14.0. The molecule has 5 heterocycles. The van der Waals surface area contributed by atoms with Gasteiger partial charge in [0.25, 0.3) is 0 Å². The number of ketones is 1. The van der Waals surface area contributed by atoms with Crippen molar-refractivity contribution in [3.05, 3.63) is 43.0 Å².